The van der Waals surface area contributed by atoms with Crippen LogP contribution in [0.3, 0.4) is 0 Å². The van der Waals surface area contributed by atoms with Crippen molar-refractivity contribution in [3.63, 3.8) is 0 Å². The molecule has 15 aromatic rings. The standard InChI is InChI=1S/C19H21ClN8O2.C19H23ClN8O2.C19H21ClN8O.C18H21ClN8O.C17H19ClN8O/c20-12-7-23-18-16(17(21)25-28(18)9-12)19(29)24-14-8-22-2-1-15(14)27-5-3-26(4-6-27)13-10-30-11-13;1-30-9-8-26-4-6-27(7-5-26)15-2-3-22-11-14(15)24-19(29)16-17(21)25-28-12-13(20)10-23-18(16)28;20-12-9-23-18-16(17(21)25-28(18)11-12)19(29)24-14-10-22-4-1-15(14)27-8-7-26-5-2-13(27)3-6-26;1-11-7-21-9-13(15(11)26-5-3-25(2)4-6-26)23-18(28)14-16(20)24-27-10-12(19)8-22-17(14)27;1-24-4-6-25(7-5-24)13-2-3-20-9-12(13)22-17(27)14-15(19)23-26-10-11(18)8-21-16(14)26/h1-2,7-9,13H,3-6,10-11H2,(H2,21,25)(H,24,29);2-3,10-12H,4-9H2,1H3,(H2,21,25)(H,24,29);1,4,9-11,13H,2-3,5-8H2,(H2,21,25)(H,24,29);7-10H,3-6H2,1-2H3,(H2,20,24)(H,23,28);2-3,8-10H,4-7H2,1H3,(H2,19,23)(H,22,27). The predicted molar refractivity (Wildman–Crippen MR) is 553 cm³/mol. The van der Waals surface area contributed by atoms with Crippen molar-refractivity contribution in [2.75, 3.05) is 258 Å². The Kier molecular flexibility index (Phi) is 30.7. The molecule has 8 fully saturated rings. The molecule has 52 heteroatoms. The topological polar surface area (TPSA) is 542 Å². The van der Waals surface area contributed by atoms with Crippen LogP contribution in [0.2, 0.25) is 25.1 Å². The van der Waals surface area contributed by atoms with Crippen LogP contribution in [-0.4, -0.2) is 342 Å². The SMILES string of the molecule is CN1CCN(c2ccncc2NC(=O)c2c(N)nn3cc(Cl)cnc23)CC1.COCCN1CCN(c2ccncc2NC(=O)c2c(N)nn3cc(Cl)cnc23)CC1.Cc1cncc(NC(=O)c2c(N)nn3cc(Cl)cnc23)c1N1CCN(C)CC1.Nc1nn2cc(Cl)cnc2c1C(=O)Nc1cnccc1N1CCN(C2COC2)CC1.Nc1nn2cc(Cl)cnc2c1C(=O)Nc1cnccc1N1CCN2CCC1CC2. The highest BCUT2D eigenvalue weighted by atomic mass is 35.5. The summed E-state index contributed by atoms with van der Waals surface area (Å²) < 4.78 is 17.5. The van der Waals surface area contributed by atoms with E-state index < -0.39 is 11.8 Å². The number of piperazine rings is 4. The van der Waals surface area contributed by atoms with Crippen molar-refractivity contribution >= 4 is 202 Å². The number of aromatic nitrogens is 20. The van der Waals surface area contributed by atoms with Crippen molar-refractivity contribution in [2.45, 2.75) is 31.8 Å². The molecule has 47 nitrogen and oxygen atoms in total. The maximum Gasteiger partial charge on any atom is 0.263 e. The lowest BCUT2D eigenvalue weighted by atomic mass is 10.0. The van der Waals surface area contributed by atoms with E-state index in [9.17, 15) is 24.0 Å². The van der Waals surface area contributed by atoms with Gasteiger partial charge in [0, 0.05) is 213 Å². The number of methoxy groups -OCH3 is 1. The molecule has 2 bridgehead atoms. The zero-order chi connectivity index (χ0) is 101. The highest BCUT2D eigenvalue weighted by Gasteiger charge is 2.36. The van der Waals surface area contributed by atoms with Crippen LogP contribution in [0.15, 0.2) is 148 Å². The maximum atomic E-state index is 13.1. The van der Waals surface area contributed by atoms with Gasteiger partial charge in [0.2, 0.25) is 0 Å². The van der Waals surface area contributed by atoms with E-state index in [1.54, 1.807) is 100 Å². The van der Waals surface area contributed by atoms with Crippen LogP contribution in [-0.2, 0) is 9.47 Å². The number of fused-ring (bicyclic) bond motifs is 9. The number of hydrogen-bond acceptors (Lipinski definition) is 37. The fraction of sp³-hybridized carbons (Fsp3) is 0.348. The van der Waals surface area contributed by atoms with Gasteiger partial charge in [-0.05, 0) is 63.7 Å². The Balaban J connectivity index is 0.000000118. The normalized spacial score (nSPS) is 16.9. The minimum atomic E-state index is -0.398. The van der Waals surface area contributed by atoms with Gasteiger partial charge in [0.1, 0.15) is 27.8 Å². The van der Waals surface area contributed by atoms with Crippen molar-refractivity contribution in [1.82, 2.24) is 122 Å². The van der Waals surface area contributed by atoms with Crippen molar-refractivity contribution in [1.29, 1.82) is 0 Å². The lowest BCUT2D eigenvalue weighted by Crippen LogP contribution is -2.56. The van der Waals surface area contributed by atoms with Crippen LogP contribution in [0.4, 0.5) is 86.0 Å². The number of nitrogens with one attached hydrogen (secondary N) is 5. The summed E-state index contributed by atoms with van der Waals surface area (Å²) in [5, 5.41) is 37.3. The first-order chi connectivity index (χ1) is 69.7. The Morgan fingerprint density at radius 2 is 0.681 bits per heavy atom. The van der Waals surface area contributed by atoms with Crippen LogP contribution in [0.25, 0.3) is 28.2 Å². The number of ether oxygens (including phenoxy) is 2. The fourth-order valence-corrected chi connectivity index (χ4v) is 18.9. The van der Waals surface area contributed by atoms with Crippen LogP contribution in [0, 0.1) is 6.92 Å². The molecular weight excluding hydrogens is 1950 g/mol. The van der Waals surface area contributed by atoms with E-state index >= 15 is 0 Å². The van der Waals surface area contributed by atoms with E-state index in [4.69, 9.17) is 96.1 Å². The summed E-state index contributed by atoms with van der Waals surface area (Å²) in [4.78, 5) is 130. The summed E-state index contributed by atoms with van der Waals surface area (Å²) in [6.07, 6.45) is 34.3. The van der Waals surface area contributed by atoms with Gasteiger partial charge in [-0.25, -0.2) is 47.5 Å². The van der Waals surface area contributed by atoms with E-state index in [-0.39, 0.29) is 74.6 Å². The number of carbonyl (C=O) groups is 5. The van der Waals surface area contributed by atoms with Crippen molar-refractivity contribution in [2.24, 2.45) is 0 Å². The molecule has 8 aliphatic heterocycles. The zero-order valence-electron chi connectivity index (χ0n) is 78.9. The molecule has 15 N–H and O–H groups in total. The number of likely N-dealkylation sites (N-methyl/N-ethyl adjacent to an activating group) is 2. The fourth-order valence-electron chi connectivity index (χ4n) is 18.2. The molecule has 23 rings (SSSR count). The van der Waals surface area contributed by atoms with Gasteiger partial charge in [0.25, 0.3) is 29.5 Å². The molecule has 5 amide bonds. The second-order valence-corrected chi connectivity index (χ2v) is 37.3. The Bertz CT molecular complexity index is 7210. The molecular formula is C92H105Cl5N40O7. The van der Waals surface area contributed by atoms with E-state index in [2.05, 4.69) is 165 Å². The van der Waals surface area contributed by atoms with E-state index in [1.165, 1.54) is 53.6 Å². The minimum Gasteiger partial charge on any atom is -0.383 e. The molecule has 750 valence electrons. The third kappa shape index (κ3) is 22.4. The molecule has 144 heavy (non-hydrogen) atoms. The molecule has 23 heterocycles. The van der Waals surface area contributed by atoms with E-state index in [1.807, 2.05) is 31.2 Å². The molecule has 0 atom stereocenters. The summed E-state index contributed by atoms with van der Waals surface area (Å²) in [6.45, 7) is 24.0. The number of nitrogen functional groups attached to an aromatic ring is 5. The average molecular weight is 2060 g/mol. The third-order valence-corrected chi connectivity index (χ3v) is 26.7. The smallest absolute Gasteiger partial charge is 0.263 e. The van der Waals surface area contributed by atoms with E-state index in [0.717, 1.165) is 204 Å². The summed E-state index contributed by atoms with van der Waals surface area (Å²) in [5.41, 5.74) is 41.5. The first-order valence-corrected chi connectivity index (χ1v) is 48.3. The molecule has 0 aliphatic carbocycles. The van der Waals surface area contributed by atoms with Crippen LogP contribution >= 0.6 is 58.0 Å². The maximum absolute atomic E-state index is 13.1. The average Bonchev–Trinajstić information content (AvgIpc) is 1.66. The highest BCUT2D eigenvalue weighted by Crippen LogP contribution is 2.38. The largest absolute Gasteiger partial charge is 0.383 e. The van der Waals surface area contributed by atoms with Crippen LogP contribution < -0.4 is 79.8 Å². The van der Waals surface area contributed by atoms with Gasteiger partial charge in [-0.3, -0.25) is 58.7 Å². The second kappa shape index (κ2) is 44.5. The number of amides is 5. The van der Waals surface area contributed by atoms with Gasteiger partial charge >= 0.3 is 0 Å². The Morgan fingerprint density at radius 1 is 0.368 bits per heavy atom. The van der Waals surface area contributed by atoms with Gasteiger partial charge in [-0.1, -0.05) is 58.0 Å². The quantitative estimate of drug-likeness (QED) is 0.0375. The Morgan fingerprint density at radius 3 is 1.02 bits per heavy atom. The molecule has 8 aliphatic rings. The van der Waals surface area contributed by atoms with Crippen molar-refractivity contribution in [3.05, 3.63) is 207 Å². The summed E-state index contributed by atoms with van der Waals surface area (Å²) in [5.74, 6) is -1.48. The molecule has 0 aromatic carbocycles. The molecule has 0 saturated carbocycles. The van der Waals surface area contributed by atoms with Crippen LogP contribution in [0.5, 0.6) is 0 Å². The second-order valence-electron chi connectivity index (χ2n) is 35.1. The van der Waals surface area contributed by atoms with Gasteiger partial charge in [-0.2, -0.15) is 0 Å². The van der Waals surface area contributed by atoms with Crippen molar-refractivity contribution < 1.29 is 33.4 Å². The molecule has 0 spiro atoms. The number of nitrogens with two attached hydrogens (primary N) is 5. The Labute approximate surface area is 849 Å². The first kappa shape index (κ1) is 99.5. The number of hydrogen-bond donors (Lipinski definition) is 10. The Hall–Kier alpha value is -14.6. The number of pyridine rings is 5. The number of piperidine rings is 1. The number of aryl methyl sites for hydroxylation is 1. The molecule has 8 saturated heterocycles. The van der Waals surface area contributed by atoms with Gasteiger partial charge in [0.15, 0.2) is 57.3 Å². The van der Waals surface area contributed by atoms with Gasteiger partial charge in [0.05, 0.1) is 170 Å². The van der Waals surface area contributed by atoms with Crippen LogP contribution in [0.1, 0.15) is 70.2 Å². The first-order valence-electron chi connectivity index (χ1n) is 46.4. The third-order valence-electron chi connectivity index (χ3n) is 25.8. The van der Waals surface area contributed by atoms with Crippen molar-refractivity contribution in [3.8, 4) is 0 Å². The molecule has 0 radical (unpaired) electrons. The number of halogens is 5. The monoisotopic (exact) mass is 2060 g/mol. The molecule has 15 aromatic heterocycles. The highest BCUT2D eigenvalue weighted by molar-refractivity contribution is 6.32. The lowest BCUT2D eigenvalue weighted by Gasteiger charge is -2.43. The number of rotatable bonds is 19. The zero-order valence-corrected chi connectivity index (χ0v) is 82.7. The summed E-state index contributed by atoms with van der Waals surface area (Å²) in [6, 6.07) is 8.67. The summed E-state index contributed by atoms with van der Waals surface area (Å²) in [7, 11) is 5.91. The van der Waals surface area contributed by atoms with Gasteiger partial charge in [-0.15, -0.1) is 25.5 Å². The van der Waals surface area contributed by atoms with E-state index in [0.29, 0.717) is 93.9 Å². The predicted octanol–water partition coefficient (Wildman–Crippen LogP) is 7.45. The number of nitrogens with zero attached hydrogens (tertiary/aromatic N) is 30. The number of carbonyl (C=O) groups excluding carboxylic acids is 5. The van der Waals surface area contributed by atoms with Gasteiger partial charge < -0.3 is 104 Å². The minimum absolute atomic E-state index is 0.0828. The summed E-state index contributed by atoms with van der Waals surface area (Å²) >= 11 is 29.7. The molecule has 0 unspecified atom stereocenters. The lowest BCUT2D eigenvalue weighted by molar-refractivity contribution is -0.0660. The number of anilines is 15.